The smallest absolute Gasteiger partial charge is 0.223 e. The highest BCUT2D eigenvalue weighted by Crippen LogP contribution is 2.36. The summed E-state index contributed by atoms with van der Waals surface area (Å²) in [7, 11) is 0. The Morgan fingerprint density at radius 1 is 1.17 bits per heavy atom. The third-order valence-corrected chi connectivity index (χ3v) is 6.44. The van der Waals surface area contributed by atoms with Gasteiger partial charge in [-0.05, 0) is 36.9 Å². The van der Waals surface area contributed by atoms with Crippen molar-refractivity contribution in [2.45, 2.75) is 19.8 Å². The minimum atomic E-state index is 0. The second kappa shape index (κ2) is 10.8. The zero-order valence-corrected chi connectivity index (χ0v) is 18.9. The molecule has 0 saturated carbocycles. The van der Waals surface area contributed by atoms with Gasteiger partial charge in [0.05, 0.1) is 21.6 Å². The summed E-state index contributed by atoms with van der Waals surface area (Å²) in [6.07, 6.45) is 1.78. The first-order chi connectivity index (χ1) is 14.3. The molecule has 3 heterocycles. The fourth-order valence-electron chi connectivity index (χ4n) is 3.91. The van der Waals surface area contributed by atoms with Gasteiger partial charge in [0.2, 0.25) is 5.91 Å². The van der Waals surface area contributed by atoms with Crippen LogP contribution >= 0.6 is 23.7 Å². The molecule has 160 valence electrons. The highest BCUT2D eigenvalue weighted by molar-refractivity contribution is 7.17. The standard InChI is InChI=1S/C23H28N4OS.ClH/c1-2-24-11-12-25-23(28)18-8-13-27(14-9-18)21-16-20(17-6-4-3-5-7-17)26-19-10-15-29-22(19)21;/h3-7,10,15-16,18,24H,2,8-9,11-14H2,1H3,(H,25,28);1H. The number of rotatable bonds is 7. The van der Waals surface area contributed by atoms with Gasteiger partial charge in [0, 0.05) is 37.7 Å². The topological polar surface area (TPSA) is 57.3 Å². The Balaban J connectivity index is 0.00000256. The van der Waals surface area contributed by atoms with Crippen molar-refractivity contribution in [1.82, 2.24) is 15.6 Å². The molecule has 3 aromatic rings. The minimum Gasteiger partial charge on any atom is -0.370 e. The molecule has 1 aromatic carbocycles. The van der Waals surface area contributed by atoms with Crippen LogP contribution in [0.2, 0.25) is 0 Å². The molecule has 1 amide bonds. The zero-order valence-electron chi connectivity index (χ0n) is 17.3. The number of hydrogen-bond donors (Lipinski definition) is 2. The molecule has 30 heavy (non-hydrogen) atoms. The average Bonchev–Trinajstić information content (AvgIpc) is 3.25. The van der Waals surface area contributed by atoms with E-state index in [1.165, 1.54) is 10.4 Å². The zero-order chi connectivity index (χ0) is 20.1. The maximum atomic E-state index is 12.4. The van der Waals surface area contributed by atoms with Gasteiger partial charge in [-0.3, -0.25) is 4.79 Å². The Labute approximate surface area is 188 Å². The van der Waals surface area contributed by atoms with Crippen LogP contribution in [0.4, 0.5) is 5.69 Å². The highest BCUT2D eigenvalue weighted by Gasteiger charge is 2.26. The number of fused-ring (bicyclic) bond motifs is 1. The first kappa shape index (κ1) is 22.5. The van der Waals surface area contributed by atoms with Crippen molar-refractivity contribution in [2.75, 3.05) is 37.6 Å². The number of likely N-dealkylation sites (N-methyl/N-ethyl adjacent to an activating group) is 1. The fraction of sp³-hybridized carbons (Fsp3) is 0.391. The van der Waals surface area contributed by atoms with Crippen molar-refractivity contribution in [1.29, 1.82) is 0 Å². The fourth-order valence-corrected chi connectivity index (χ4v) is 4.78. The Hall–Kier alpha value is -2.15. The highest BCUT2D eigenvalue weighted by atomic mass is 35.5. The summed E-state index contributed by atoms with van der Waals surface area (Å²) in [4.78, 5) is 19.7. The van der Waals surface area contributed by atoms with Crippen LogP contribution < -0.4 is 15.5 Å². The number of amides is 1. The molecule has 0 radical (unpaired) electrons. The summed E-state index contributed by atoms with van der Waals surface area (Å²) in [5, 5.41) is 8.42. The van der Waals surface area contributed by atoms with Crippen LogP contribution in [-0.4, -0.2) is 43.6 Å². The summed E-state index contributed by atoms with van der Waals surface area (Å²) in [6, 6.07) is 14.7. The van der Waals surface area contributed by atoms with Crippen LogP contribution in [0.5, 0.6) is 0 Å². The van der Waals surface area contributed by atoms with Crippen molar-refractivity contribution in [3.8, 4) is 11.3 Å². The van der Waals surface area contributed by atoms with Crippen LogP contribution in [-0.2, 0) is 4.79 Å². The molecule has 0 bridgehead atoms. The molecule has 1 aliphatic rings. The molecule has 2 N–H and O–H groups in total. The number of thiophene rings is 1. The lowest BCUT2D eigenvalue weighted by atomic mass is 9.95. The van der Waals surface area contributed by atoms with Gasteiger partial charge in [-0.2, -0.15) is 0 Å². The van der Waals surface area contributed by atoms with Gasteiger partial charge >= 0.3 is 0 Å². The van der Waals surface area contributed by atoms with Crippen molar-refractivity contribution in [2.24, 2.45) is 5.92 Å². The van der Waals surface area contributed by atoms with Crippen molar-refractivity contribution >= 4 is 45.6 Å². The van der Waals surface area contributed by atoms with Gasteiger partial charge in [0.25, 0.3) is 0 Å². The van der Waals surface area contributed by atoms with E-state index in [0.29, 0.717) is 6.54 Å². The molecule has 5 nitrogen and oxygen atoms in total. The number of carbonyl (C=O) groups excluding carboxylic acids is 1. The van der Waals surface area contributed by atoms with Gasteiger partial charge in [-0.15, -0.1) is 23.7 Å². The number of hydrogen-bond acceptors (Lipinski definition) is 5. The minimum absolute atomic E-state index is 0. The number of piperidine rings is 1. The Morgan fingerprint density at radius 3 is 2.67 bits per heavy atom. The summed E-state index contributed by atoms with van der Waals surface area (Å²) in [6.45, 7) is 6.34. The van der Waals surface area contributed by atoms with Crippen LogP contribution in [0.3, 0.4) is 0 Å². The first-order valence-electron chi connectivity index (χ1n) is 10.4. The van der Waals surface area contributed by atoms with E-state index >= 15 is 0 Å². The Bertz CT molecular complexity index is 954. The van der Waals surface area contributed by atoms with Gasteiger partial charge in [-0.25, -0.2) is 4.98 Å². The molecule has 1 aliphatic heterocycles. The van der Waals surface area contributed by atoms with Gasteiger partial charge < -0.3 is 15.5 Å². The summed E-state index contributed by atoms with van der Waals surface area (Å²) < 4.78 is 1.23. The monoisotopic (exact) mass is 444 g/mol. The molecule has 7 heteroatoms. The van der Waals surface area contributed by atoms with Crippen molar-refractivity contribution < 1.29 is 4.79 Å². The van der Waals surface area contributed by atoms with Gasteiger partial charge in [0.1, 0.15) is 0 Å². The molecule has 0 spiro atoms. The van der Waals surface area contributed by atoms with Gasteiger partial charge in [0.15, 0.2) is 0 Å². The first-order valence-corrected chi connectivity index (χ1v) is 11.3. The molecule has 0 aliphatic carbocycles. The van der Waals surface area contributed by atoms with Crippen LogP contribution in [0, 0.1) is 5.92 Å². The molecular formula is C23H29ClN4OS. The predicted octanol–water partition coefficient (Wildman–Crippen LogP) is 4.33. The lowest BCUT2D eigenvalue weighted by Gasteiger charge is -2.33. The van der Waals surface area contributed by atoms with E-state index in [-0.39, 0.29) is 24.2 Å². The largest absolute Gasteiger partial charge is 0.370 e. The van der Waals surface area contributed by atoms with E-state index in [4.69, 9.17) is 4.98 Å². The second-order valence-corrected chi connectivity index (χ2v) is 8.35. The van der Waals surface area contributed by atoms with Crippen LogP contribution in [0.25, 0.3) is 21.5 Å². The lowest BCUT2D eigenvalue weighted by Crippen LogP contribution is -2.42. The van der Waals surface area contributed by atoms with E-state index in [9.17, 15) is 4.79 Å². The summed E-state index contributed by atoms with van der Waals surface area (Å²) >= 11 is 1.74. The molecule has 0 unspecified atom stereocenters. The molecular weight excluding hydrogens is 416 g/mol. The average molecular weight is 445 g/mol. The van der Waals surface area contributed by atoms with E-state index < -0.39 is 0 Å². The molecule has 0 atom stereocenters. The second-order valence-electron chi connectivity index (χ2n) is 7.43. The van der Waals surface area contributed by atoms with E-state index in [0.717, 1.165) is 55.8 Å². The maximum Gasteiger partial charge on any atom is 0.223 e. The molecule has 1 fully saturated rings. The third kappa shape index (κ3) is 5.12. The Morgan fingerprint density at radius 2 is 1.93 bits per heavy atom. The van der Waals surface area contributed by atoms with Crippen molar-refractivity contribution in [3.05, 3.63) is 47.8 Å². The molecule has 1 saturated heterocycles. The van der Waals surface area contributed by atoms with E-state index in [2.05, 4.69) is 64.2 Å². The number of aromatic nitrogens is 1. The van der Waals surface area contributed by atoms with Crippen molar-refractivity contribution in [3.63, 3.8) is 0 Å². The number of nitrogens with zero attached hydrogens (tertiary/aromatic N) is 2. The SMILES string of the molecule is CCNCCNC(=O)C1CCN(c2cc(-c3ccccc3)nc3ccsc23)CC1.Cl. The van der Waals surface area contributed by atoms with Crippen LogP contribution in [0.15, 0.2) is 47.8 Å². The Kier molecular flexibility index (Phi) is 8.08. The molecule has 2 aromatic heterocycles. The summed E-state index contributed by atoms with van der Waals surface area (Å²) in [5.41, 5.74) is 4.44. The maximum absolute atomic E-state index is 12.4. The number of nitrogens with one attached hydrogen (secondary N) is 2. The number of halogens is 1. The summed E-state index contributed by atoms with van der Waals surface area (Å²) in [5.74, 6) is 0.311. The van der Waals surface area contributed by atoms with E-state index in [1.54, 1.807) is 11.3 Å². The lowest BCUT2D eigenvalue weighted by molar-refractivity contribution is -0.125. The number of anilines is 1. The molecule has 4 rings (SSSR count). The quantitative estimate of drug-likeness (QED) is 0.532. The van der Waals surface area contributed by atoms with E-state index in [1.807, 2.05) is 6.07 Å². The number of carbonyl (C=O) groups is 1. The third-order valence-electron chi connectivity index (χ3n) is 5.52. The van der Waals surface area contributed by atoms with Gasteiger partial charge in [-0.1, -0.05) is 37.3 Å². The predicted molar refractivity (Wildman–Crippen MR) is 129 cm³/mol. The number of pyridine rings is 1. The normalized spacial score (nSPS) is 14.5. The number of benzene rings is 1. The van der Waals surface area contributed by atoms with Crippen LogP contribution in [0.1, 0.15) is 19.8 Å².